The molecule has 0 saturated carbocycles. The first kappa shape index (κ1) is 19.1. The van der Waals surface area contributed by atoms with Crippen molar-refractivity contribution in [2.24, 2.45) is 0 Å². The number of carbonyl (C=O) groups is 2. The number of rotatable bonds is 6. The summed E-state index contributed by atoms with van der Waals surface area (Å²) in [6.07, 6.45) is -0.775. The number of ether oxygens (including phenoxy) is 3. The van der Waals surface area contributed by atoms with Crippen LogP contribution in [0.5, 0.6) is 17.2 Å². The van der Waals surface area contributed by atoms with E-state index in [2.05, 4.69) is 10.9 Å². The monoisotopic (exact) mass is 358 g/mol. The Morgan fingerprint density at radius 1 is 0.923 bits per heavy atom. The zero-order chi connectivity index (χ0) is 19.1. The summed E-state index contributed by atoms with van der Waals surface area (Å²) in [4.78, 5) is 24.3. The van der Waals surface area contributed by atoms with Crippen molar-refractivity contribution in [1.29, 1.82) is 0 Å². The summed E-state index contributed by atoms with van der Waals surface area (Å²) >= 11 is 0. The highest BCUT2D eigenvalue weighted by Crippen LogP contribution is 2.27. The highest BCUT2D eigenvalue weighted by Gasteiger charge is 2.16. The highest BCUT2D eigenvalue weighted by molar-refractivity contribution is 5.96. The largest absolute Gasteiger partial charge is 0.493 e. The molecule has 0 saturated heterocycles. The number of benzene rings is 2. The molecule has 0 heterocycles. The summed E-state index contributed by atoms with van der Waals surface area (Å²) in [6.45, 7) is 3.56. The summed E-state index contributed by atoms with van der Waals surface area (Å²) in [5.41, 5.74) is 6.10. The van der Waals surface area contributed by atoms with Crippen LogP contribution >= 0.6 is 0 Å². The van der Waals surface area contributed by atoms with Crippen molar-refractivity contribution in [1.82, 2.24) is 10.9 Å². The molecule has 7 nitrogen and oxygen atoms in total. The quantitative estimate of drug-likeness (QED) is 0.774. The molecule has 0 radical (unpaired) electrons. The predicted octanol–water partition coefficient (Wildman–Crippen LogP) is 2.24. The van der Waals surface area contributed by atoms with E-state index in [1.165, 1.54) is 20.3 Å². The van der Waals surface area contributed by atoms with Gasteiger partial charge in [0.15, 0.2) is 17.6 Å². The molecule has 2 aromatic carbocycles. The first-order valence-corrected chi connectivity index (χ1v) is 8.00. The van der Waals surface area contributed by atoms with E-state index in [1.807, 2.05) is 19.1 Å². The van der Waals surface area contributed by atoms with E-state index in [0.717, 1.165) is 5.56 Å². The van der Waals surface area contributed by atoms with Gasteiger partial charge in [-0.05, 0) is 44.2 Å². The van der Waals surface area contributed by atoms with Gasteiger partial charge in [-0.2, -0.15) is 0 Å². The minimum atomic E-state index is -0.775. The van der Waals surface area contributed by atoms with Crippen molar-refractivity contribution in [3.05, 3.63) is 53.6 Å². The number of carbonyl (C=O) groups excluding carboxylic acids is 2. The molecule has 0 aromatic heterocycles. The fourth-order valence-corrected chi connectivity index (χ4v) is 2.14. The van der Waals surface area contributed by atoms with Gasteiger partial charge in [0.25, 0.3) is 11.8 Å². The molecule has 0 aliphatic carbocycles. The van der Waals surface area contributed by atoms with Gasteiger partial charge in [-0.1, -0.05) is 17.7 Å². The second kappa shape index (κ2) is 8.75. The topological polar surface area (TPSA) is 85.9 Å². The molecule has 2 aromatic rings. The van der Waals surface area contributed by atoms with E-state index in [1.54, 1.807) is 31.2 Å². The van der Waals surface area contributed by atoms with Gasteiger partial charge < -0.3 is 14.2 Å². The van der Waals surface area contributed by atoms with Crippen molar-refractivity contribution in [2.45, 2.75) is 20.0 Å². The molecular weight excluding hydrogens is 336 g/mol. The van der Waals surface area contributed by atoms with Crippen molar-refractivity contribution >= 4 is 11.8 Å². The van der Waals surface area contributed by atoms with Gasteiger partial charge >= 0.3 is 0 Å². The SMILES string of the molecule is COc1ccc(C(=O)NNC(=O)[C@H](C)Oc2ccc(C)cc2)cc1OC. The highest BCUT2D eigenvalue weighted by atomic mass is 16.5. The first-order valence-electron chi connectivity index (χ1n) is 8.00. The van der Waals surface area contributed by atoms with Crippen LogP contribution in [0.4, 0.5) is 0 Å². The Labute approximate surface area is 152 Å². The van der Waals surface area contributed by atoms with Gasteiger partial charge in [0, 0.05) is 5.56 Å². The molecule has 26 heavy (non-hydrogen) atoms. The van der Waals surface area contributed by atoms with E-state index < -0.39 is 17.9 Å². The minimum Gasteiger partial charge on any atom is -0.493 e. The number of amides is 2. The maximum absolute atomic E-state index is 12.2. The van der Waals surface area contributed by atoms with Crippen molar-refractivity contribution in [3.8, 4) is 17.2 Å². The number of aryl methyl sites for hydroxylation is 1. The number of hydrogen-bond acceptors (Lipinski definition) is 5. The van der Waals surface area contributed by atoms with E-state index >= 15 is 0 Å². The number of nitrogens with one attached hydrogen (secondary N) is 2. The molecule has 2 amide bonds. The van der Waals surface area contributed by atoms with Crippen molar-refractivity contribution in [3.63, 3.8) is 0 Å². The van der Waals surface area contributed by atoms with Crippen LogP contribution in [-0.2, 0) is 4.79 Å². The van der Waals surface area contributed by atoms with Gasteiger partial charge in [0.2, 0.25) is 0 Å². The maximum atomic E-state index is 12.2. The predicted molar refractivity (Wildman–Crippen MR) is 96.4 cm³/mol. The zero-order valence-electron chi connectivity index (χ0n) is 15.2. The Hall–Kier alpha value is -3.22. The average Bonchev–Trinajstić information content (AvgIpc) is 2.66. The Kier molecular flexibility index (Phi) is 6.43. The summed E-state index contributed by atoms with van der Waals surface area (Å²) in [5, 5.41) is 0. The third-order valence-corrected chi connectivity index (χ3v) is 3.65. The second-order valence-corrected chi connectivity index (χ2v) is 5.59. The molecule has 1 atom stereocenters. The zero-order valence-corrected chi connectivity index (χ0v) is 15.2. The lowest BCUT2D eigenvalue weighted by atomic mass is 10.2. The number of hydrazine groups is 1. The van der Waals surface area contributed by atoms with Crippen LogP contribution in [0.1, 0.15) is 22.8 Å². The van der Waals surface area contributed by atoms with E-state index in [9.17, 15) is 9.59 Å². The summed E-state index contributed by atoms with van der Waals surface area (Å²) in [5.74, 6) is 0.543. The Balaban J connectivity index is 1.91. The third-order valence-electron chi connectivity index (χ3n) is 3.65. The molecule has 0 unspecified atom stereocenters. The van der Waals surface area contributed by atoms with Gasteiger partial charge in [-0.25, -0.2) is 0 Å². The Bertz CT molecular complexity index is 774. The Morgan fingerprint density at radius 2 is 1.58 bits per heavy atom. The number of methoxy groups -OCH3 is 2. The molecule has 0 bridgehead atoms. The number of hydrogen-bond donors (Lipinski definition) is 2. The molecule has 0 aliphatic heterocycles. The molecule has 7 heteroatoms. The standard InChI is InChI=1S/C19H22N2O5/c1-12-5-8-15(9-6-12)26-13(2)18(22)20-21-19(23)14-7-10-16(24-3)17(11-14)25-4/h5-11,13H,1-4H3,(H,20,22)(H,21,23)/t13-/m0/s1. The van der Waals surface area contributed by atoms with E-state index in [-0.39, 0.29) is 0 Å². The van der Waals surface area contributed by atoms with Crippen LogP contribution in [-0.4, -0.2) is 32.1 Å². The lowest BCUT2D eigenvalue weighted by molar-refractivity contribution is -0.128. The fraction of sp³-hybridized carbons (Fsp3) is 0.263. The summed E-state index contributed by atoms with van der Waals surface area (Å²) in [7, 11) is 2.98. The van der Waals surface area contributed by atoms with Crippen LogP contribution in [0.2, 0.25) is 0 Å². The van der Waals surface area contributed by atoms with Crippen LogP contribution < -0.4 is 25.1 Å². The molecule has 138 valence electrons. The lowest BCUT2D eigenvalue weighted by Gasteiger charge is -2.15. The van der Waals surface area contributed by atoms with E-state index in [4.69, 9.17) is 14.2 Å². The van der Waals surface area contributed by atoms with Gasteiger partial charge in [-0.3, -0.25) is 20.4 Å². The van der Waals surface area contributed by atoms with Crippen LogP contribution in [0, 0.1) is 6.92 Å². The van der Waals surface area contributed by atoms with Crippen LogP contribution in [0.25, 0.3) is 0 Å². The molecule has 0 fully saturated rings. The van der Waals surface area contributed by atoms with Crippen molar-refractivity contribution in [2.75, 3.05) is 14.2 Å². The fourth-order valence-electron chi connectivity index (χ4n) is 2.14. The first-order chi connectivity index (χ1) is 12.4. The molecule has 2 N–H and O–H groups in total. The second-order valence-electron chi connectivity index (χ2n) is 5.59. The maximum Gasteiger partial charge on any atom is 0.279 e. The third kappa shape index (κ3) is 4.89. The normalized spacial score (nSPS) is 11.2. The molecule has 2 rings (SSSR count). The van der Waals surface area contributed by atoms with Gasteiger partial charge in [0.05, 0.1) is 14.2 Å². The minimum absolute atomic E-state index is 0.315. The summed E-state index contributed by atoms with van der Waals surface area (Å²) in [6, 6.07) is 12.0. The van der Waals surface area contributed by atoms with Crippen molar-refractivity contribution < 1.29 is 23.8 Å². The van der Waals surface area contributed by atoms with E-state index in [0.29, 0.717) is 22.8 Å². The smallest absolute Gasteiger partial charge is 0.279 e. The summed E-state index contributed by atoms with van der Waals surface area (Å²) < 4.78 is 15.8. The lowest BCUT2D eigenvalue weighted by Crippen LogP contribution is -2.47. The van der Waals surface area contributed by atoms with Crippen LogP contribution in [0.3, 0.4) is 0 Å². The Morgan fingerprint density at radius 3 is 2.19 bits per heavy atom. The van der Waals surface area contributed by atoms with Crippen LogP contribution in [0.15, 0.2) is 42.5 Å². The van der Waals surface area contributed by atoms with Gasteiger partial charge in [-0.15, -0.1) is 0 Å². The van der Waals surface area contributed by atoms with Gasteiger partial charge in [0.1, 0.15) is 5.75 Å². The molecule has 0 spiro atoms. The molecular formula is C19H22N2O5. The molecule has 0 aliphatic rings. The average molecular weight is 358 g/mol.